The Hall–Kier alpha value is -1.18. The second-order valence-electron chi connectivity index (χ2n) is 4.70. The highest BCUT2D eigenvalue weighted by molar-refractivity contribution is 7.88. The van der Waals surface area contributed by atoms with Gasteiger partial charge in [0.25, 0.3) is 0 Å². The third-order valence-electron chi connectivity index (χ3n) is 2.96. The summed E-state index contributed by atoms with van der Waals surface area (Å²) >= 11 is 0. The van der Waals surface area contributed by atoms with Crippen molar-refractivity contribution in [2.24, 2.45) is 0 Å². The summed E-state index contributed by atoms with van der Waals surface area (Å²) in [5.41, 5.74) is 1.47. The molecule has 0 spiro atoms. The first-order valence-electron chi connectivity index (χ1n) is 6.66. The Kier molecular flexibility index (Phi) is 6.38. The number of pyridine rings is 1. The fourth-order valence-corrected chi connectivity index (χ4v) is 2.81. The zero-order chi connectivity index (χ0) is 15.2. The molecule has 1 aromatic rings. The third-order valence-corrected chi connectivity index (χ3v) is 4.34. The van der Waals surface area contributed by atoms with Crippen molar-refractivity contribution in [3.63, 3.8) is 0 Å². The smallest absolute Gasteiger partial charge is 0.211 e. The van der Waals surface area contributed by atoms with Crippen LogP contribution in [0.15, 0.2) is 12.1 Å². The Labute approximate surface area is 120 Å². The zero-order valence-electron chi connectivity index (χ0n) is 12.3. The molecule has 1 rings (SSSR count). The van der Waals surface area contributed by atoms with Crippen LogP contribution in [0.2, 0.25) is 0 Å². The molecular formula is C13H23N3O3S. The van der Waals surface area contributed by atoms with Crippen molar-refractivity contribution in [1.29, 1.82) is 0 Å². The molecular weight excluding hydrogens is 278 g/mol. The number of nitrogens with one attached hydrogen (secondary N) is 1. The number of aryl methyl sites for hydroxylation is 1. The average Bonchev–Trinajstić information content (AvgIpc) is 2.36. The van der Waals surface area contributed by atoms with Gasteiger partial charge in [-0.3, -0.25) is 4.98 Å². The van der Waals surface area contributed by atoms with E-state index in [0.717, 1.165) is 5.69 Å². The van der Waals surface area contributed by atoms with Gasteiger partial charge in [-0.05, 0) is 32.0 Å². The van der Waals surface area contributed by atoms with E-state index < -0.39 is 10.0 Å². The van der Waals surface area contributed by atoms with E-state index in [1.165, 1.54) is 10.6 Å². The molecule has 0 unspecified atom stereocenters. The lowest BCUT2D eigenvalue weighted by molar-refractivity contribution is 0.417. The van der Waals surface area contributed by atoms with Crippen LogP contribution in [0.5, 0.6) is 5.75 Å². The van der Waals surface area contributed by atoms with Crippen molar-refractivity contribution in [3.05, 3.63) is 23.5 Å². The Bertz CT molecular complexity index is 532. The van der Waals surface area contributed by atoms with E-state index in [1.54, 1.807) is 12.1 Å². The Balaban J connectivity index is 2.34. The fourth-order valence-electron chi connectivity index (χ4n) is 1.88. The van der Waals surface area contributed by atoms with Gasteiger partial charge in [-0.15, -0.1) is 0 Å². The molecule has 0 aliphatic carbocycles. The number of hydrogen-bond acceptors (Lipinski definition) is 5. The highest BCUT2D eigenvalue weighted by atomic mass is 32.2. The number of rotatable bonds is 8. The number of nitrogens with zero attached hydrogens (tertiary/aromatic N) is 2. The molecule has 0 bridgehead atoms. The molecule has 7 heteroatoms. The minimum atomic E-state index is -3.11. The van der Waals surface area contributed by atoms with Crippen molar-refractivity contribution in [2.45, 2.75) is 26.8 Å². The van der Waals surface area contributed by atoms with Crippen molar-refractivity contribution >= 4 is 10.0 Å². The van der Waals surface area contributed by atoms with Crippen LogP contribution in [-0.2, 0) is 16.6 Å². The van der Waals surface area contributed by atoms with E-state index in [4.69, 9.17) is 0 Å². The van der Waals surface area contributed by atoms with E-state index in [1.807, 2.05) is 13.8 Å². The van der Waals surface area contributed by atoms with Crippen molar-refractivity contribution < 1.29 is 13.5 Å². The van der Waals surface area contributed by atoms with Crippen LogP contribution in [0.25, 0.3) is 0 Å². The first-order valence-corrected chi connectivity index (χ1v) is 8.50. The SMILES string of the molecule is CCN(CCCNCc1nc(C)ccc1O)S(C)(=O)=O. The van der Waals surface area contributed by atoms with E-state index in [-0.39, 0.29) is 5.75 Å². The van der Waals surface area contributed by atoms with Crippen LogP contribution in [0, 0.1) is 6.92 Å². The van der Waals surface area contributed by atoms with E-state index >= 15 is 0 Å². The summed E-state index contributed by atoms with van der Waals surface area (Å²) in [6.45, 7) is 5.81. The molecule has 0 aromatic carbocycles. The summed E-state index contributed by atoms with van der Waals surface area (Å²) in [7, 11) is -3.11. The van der Waals surface area contributed by atoms with E-state index in [2.05, 4.69) is 10.3 Å². The average molecular weight is 301 g/mol. The van der Waals surface area contributed by atoms with Crippen molar-refractivity contribution in [3.8, 4) is 5.75 Å². The van der Waals surface area contributed by atoms with Crippen molar-refractivity contribution in [2.75, 3.05) is 25.9 Å². The number of aromatic nitrogens is 1. The van der Waals surface area contributed by atoms with Crippen LogP contribution >= 0.6 is 0 Å². The second kappa shape index (κ2) is 7.56. The topological polar surface area (TPSA) is 82.5 Å². The lowest BCUT2D eigenvalue weighted by Gasteiger charge is -2.17. The molecule has 0 radical (unpaired) electrons. The lowest BCUT2D eigenvalue weighted by atomic mass is 10.3. The summed E-state index contributed by atoms with van der Waals surface area (Å²) < 4.78 is 24.2. The fraction of sp³-hybridized carbons (Fsp3) is 0.615. The van der Waals surface area contributed by atoms with Gasteiger partial charge < -0.3 is 10.4 Å². The molecule has 1 aromatic heterocycles. The maximum atomic E-state index is 11.4. The summed E-state index contributed by atoms with van der Waals surface area (Å²) in [6.07, 6.45) is 1.94. The maximum Gasteiger partial charge on any atom is 0.211 e. The molecule has 0 aliphatic heterocycles. The quantitative estimate of drug-likeness (QED) is 0.696. The molecule has 0 fully saturated rings. The second-order valence-corrected chi connectivity index (χ2v) is 6.69. The highest BCUT2D eigenvalue weighted by Gasteiger charge is 2.13. The van der Waals surface area contributed by atoms with Gasteiger partial charge in [-0.2, -0.15) is 0 Å². The predicted molar refractivity (Wildman–Crippen MR) is 79.1 cm³/mol. The molecule has 0 saturated heterocycles. The van der Waals surface area contributed by atoms with Crippen LogP contribution in [0.4, 0.5) is 0 Å². The normalized spacial score (nSPS) is 12.0. The van der Waals surface area contributed by atoms with Gasteiger partial charge in [0.05, 0.1) is 11.9 Å². The summed E-state index contributed by atoms with van der Waals surface area (Å²) in [5.74, 6) is 0.175. The summed E-state index contributed by atoms with van der Waals surface area (Å²) in [5, 5.41) is 12.8. The Morgan fingerprint density at radius 1 is 1.40 bits per heavy atom. The predicted octanol–water partition coefficient (Wildman–Crippen LogP) is 0.857. The molecule has 20 heavy (non-hydrogen) atoms. The number of aromatic hydroxyl groups is 1. The molecule has 0 amide bonds. The molecule has 0 saturated carbocycles. The molecule has 114 valence electrons. The highest BCUT2D eigenvalue weighted by Crippen LogP contribution is 2.13. The zero-order valence-corrected chi connectivity index (χ0v) is 13.1. The molecule has 0 aliphatic rings. The third kappa shape index (κ3) is 5.44. The molecule has 2 N–H and O–H groups in total. The van der Waals surface area contributed by atoms with Gasteiger partial charge >= 0.3 is 0 Å². The van der Waals surface area contributed by atoms with Crippen LogP contribution in [0.1, 0.15) is 24.7 Å². The lowest BCUT2D eigenvalue weighted by Crippen LogP contribution is -2.32. The van der Waals surface area contributed by atoms with Crippen LogP contribution in [-0.4, -0.2) is 48.7 Å². The van der Waals surface area contributed by atoms with Crippen molar-refractivity contribution in [1.82, 2.24) is 14.6 Å². The minimum absolute atomic E-state index is 0.175. The maximum absolute atomic E-state index is 11.4. The Morgan fingerprint density at radius 3 is 2.70 bits per heavy atom. The summed E-state index contributed by atoms with van der Waals surface area (Å²) in [6, 6.07) is 3.38. The van der Waals surface area contributed by atoms with E-state index in [9.17, 15) is 13.5 Å². The van der Waals surface area contributed by atoms with Gasteiger partial charge in [0.1, 0.15) is 5.75 Å². The van der Waals surface area contributed by atoms with Crippen LogP contribution in [0.3, 0.4) is 0 Å². The van der Waals surface area contributed by atoms with Gasteiger partial charge in [-0.1, -0.05) is 6.92 Å². The van der Waals surface area contributed by atoms with Gasteiger partial charge in [-0.25, -0.2) is 12.7 Å². The van der Waals surface area contributed by atoms with E-state index in [0.29, 0.717) is 38.3 Å². The van der Waals surface area contributed by atoms with Gasteiger partial charge in [0.15, 0.2) is 0 Å². The number of sulfonamides is 1. The number of hydrogen-bond donors (Lipinski definition) is 2. The van der Waals surface area contributed by atoms with Crippen LogP contribution < -0.4 is 5.32 Å². The summed E-state index contributed by atoms with van der Waals surface area (Å²) in [4.78, 5) is 4.24. The van der Waals surface area contributed by atoms with Gasteiger partial charge in [0, 0.05) is 25.3 Å². The monoisotopic (exact) mass is 301 g/mol. The molecule has 0 atom stereocenters. The first kappa shape index (κ1) is 16.9. The standard InChI is InChI=1S/C13H23N3O3S/c1-4-16(20(3,18)19)9-5-8-14-10-12-13(17)7-6-11(2)15-12/h6-7,14,17H,4-5,8-10H2,1-3H3. The largest absolute Gasteiger partial charge is 0.506 e. The molecule has 6 nitrogen and oxygen atoms in total. The Morgan fingerprint density at radius 2 is 2.10 bits per heavy atom. The molecule has 1 heterocycles. The first-order chi connectivity index (χ1) is 9.34. The minimum Gasteiger partial charge on any atom is -0.506 e. The van der Waals surface area contributed by atoms with Gasteiger partial charge in [0.2, 0.25) is 10.0 Å².